The van der Waals surface area contributed by atoms with Crippen LogP contribution in [0.15, 0.2) is 28.2 Å². The van der Waals surface area contributed by atoms with Crippen LogP contribution in [-0.2, 0) is 30.6 Å². The fraction of sp³-hybridized carbons (Fsp3) is 0.381. The van der Waals surface area contributed by atoms with E-state index in [0.717, 1.165) is 40.6 Å². The van der Waals surface area contributed by atoms with Crippen LogP contribution in [0.25, 0.3) is 10.2 Å². The summed E-state index contributed by atoms with van der Waals surface area (Å²) in [5.74, 6) is 0.955. The molecule has 0 saturated heterocycles. The van der Waals surface area contributed by atoms with Gasteiger partial charge in [0.25, 0.3) is 5.56 Å². The quantitative estimate of drug-likeness (QED) is 0.423. The normalized spacial score (nSPS) is 12.9. The molecular formula is C21H23N3O4S2. The van der Waals surface area contributed by atoms with Crippen LogP contribution in [0.3, 0.4) is 0 Å². The van der Waals surface area contributed by atoms with Crippen molar-refractivity contribution in [2.24, 2.45) is 5.73 Å². The van der Waals surface area contributed by atoms with Crippen molar-refractivity contribution in [3.05, 3.63) is 44.6 Å². The van der Waals surface area contributed by atoms with E-state index in [1.165, 1.54) is 16.6 Å². The van der Waals surface area contributed by atoms with Gasteiger partial charge in [-0.25, -0.2) is 4.98 Å². The first kappa shape index (κ1) is 20.7. The number of hydrogen-bond acceptors (Lipinski definition) is 7. The number of thiophene rings is 1. The number of carbonyl (C=O) groups excluding carboxylic acids is 1. The number of amides is 1. The molecule has 4 rings (SSSR count). The lowest BCUT2D eigenvalue weighted by Crippen LogP contribution is -2.25. The van der Waals surface area contributed by atoms with Gasteiger partial charge in [-0.2, -0.15) is 0 Å². The Morgan fingerprint density at radius 3 is 2.80 bits per heavy atom. The number of ether oxygens (including phenoxy) is 2. The zero-order valence-electron chi connectivity index (χ0n) is 16.9. The minimum atomic E-state index is -0.436. The highest BCUT2D eigenvalue weighted by atomic mass is 32.2. The molecule has 9 heteroatoms. The first-order valence-corrected chi connectivity index (χ1v) is 11.5. The summed E-state index contributed by atoms with van der Waals surface area (Å²) in [4.78, 5) is 31.5. The number of fused-ring (bicyclic) bond motifs is 3. The SMILES string of the molecule is COc1ccc(CCn2c(SCC(N)=O)nc3sc4c(c3c2=O)CCC4)cc1OC. The highest BCUT2D eigenvalue weighted by Crippen LogP contribution is 2.35. The molecule has 0 saturated carbocycles. The van der Waals surface area contributed by atoms with E-state index in [2.05, 4.69) is 0 Å². The zero-order chi connectivity index (χ0) is 21.3. The summed E-state index contributed by atoms with van der Waals surface area (Å²) < 4.78 is 12.3. The Labute approximate surface area is 182 Å². The van der Waals surface area contributed by atoms with Gasteiger partial charge in [-0.05, 0) is 48.9 Å². The Balaban J connectivity index is 1.70. The number of nitrogens with two attached hydrogens (primary N) is 1. The summed E-state index contributed by atoms with van der Waals surface area (Å²) in [5.41, 5.74) is 7.46. The molecule has 0 aliphatic heterocycles. The maximum absolute atomic E-state index is 13.4. The van der Waals surface area contributed by atoms with E-state index in [-0.39, 0.29) is 11.3 Å². The predicted molar refractivity (Wildman–Crippen MR) is 119 cm³/mol. The maximum atomic E-state index is 13.4. The Morgan fingerprint density at radius 2 is 2.07 bits per heavy atom. The van der Waals surface area contributed by atoms with E-state index in [9.17, 15) is 9.59 Å². The number of thioether (sulfide) groups is 1. The van der Waals surface area contributed by atoms with Crippen LogP contribution in [-0.4, -0.2) is 35.4 Å². The Hall–Kier alpha value is -2.52. The van der Waals surface area contributed by atoms with Gasteiger partial charge in [0.2, 0.25) is 5.91 Å². The van der Waals surface area contributed by atoms with Crippen molar-refractivity contribution < 1.29 is 14.3 Å². The van der Waals surface area contributed by atoms with Crippen LogP contribution < -0.4 is 20.8 Å². The number of nitrogens with zero attached hydrogens (tertiary/aromatic N) is 2. The molecule has 1 aromatic carbocycles. The minimum Gasteiger partial charge on any atom is -0.493 e. The van der Waals surface area contributed by atoms with Gasteiger partial charge in [0.15, 0.2) is 16.7 Å². The lowest BCUT2D eigenvalue weighted by molar-refractivity contribution is -0.115. The van der Waals surface area contributed by atoms with Crippen LogP contribution in [0.5, 0.6) is 11.5 Å². The second-order valence-electron chi connectivity index (χ2n) is 7.08. The van der Waals surface area contributed by atoms with Gasteiger partial charge in [0, 0.05) is 11.4 Å². The van der Waals surface area contributed by atoms with E-state index < -0.39 is 5.91 Å². The molecule has 0 unspecified atom stereocenters. The fourth-order valence-corrected chi connectivity index (χ4v) is 5.85. The fourth-order valence-electron chi connectivity index (χ4n) is 3.78. The Bertz CT molecular complexity index is 1170. The number of aromatic nitrogens is 2. The largest absolute Gasteiger partial charge is 0.493 e. The molecule has 3 aromatic rings. The molecule has 1 amide bonds. The lowest BCUT2D eigenvalue weighted by Gasteiger charge is -2.13. The van der Waals surface area contributed by atoms with Gasteiger partial charge < -0.3 is 15.2 Å². The summed E-state index contributed by atoms with van der Waals surface area (Å²) in [5, 5.41) is 1.27. The molecule has 1 aliphatic carbocycles. The van der Waals surface area contributed by atoms with Crippen LogP contribution in [0, 0.1) is 0 Å². The van der Waals surface area contributed by atoms with Gasteiger partial charge in [-0.3, -0.25) is 14.2 Å². The first-order chi connectivity index (χ1) is 14.5. The van der Waals surface area contributed by atoms with Crippen LogP contribution in [0.2, 0.25) is 0 Å². The molecule has 0 bridgehead atoms. The predicted octanol–water partition coefficient (Wildman–Crippen LogP) is 2.78. The van der Waals surface area contributed by atoms with Crippen LogP contribution in [0.4, 0.5) is 0 Å². The van der Waals surface area contributed by atoms with E-state index in [0.29, 0.717) is 29.6 Å². The van der Waals surface area contributed by atoms with Gasteiger partial charge >= 0.3 is 0 Å². The van der Waals surface area contributed by atoms with E-state index in [1.54, 1.807) is 30.1 Å². The highest BCUT2D eigenvalue weighted by Gasteiger charge is 2.23. The highest BCUT2D eigenvalue weighted by molar-refractivity contribution is 7.99. The summed E-state index contributed by atoms with van der Waals surface area (Å²) in [6, 6.07) is 5.72. The smallest absolute Gasteiger partial charge is 0.263 e. The van der Waals surface area contributed by atoms with Crippen molar-refractivity contribution in [2.75, 3.05) is 20.0 Å². The third-order valence-corrected chi connectivity index (χ3v) is 7.39. The molecular weight excluding hydrogens is 422 g/mol. The van der Waals surface area contributed by atoms with E-state index in [4.69, 9.17) is 20.2 Å². The van der Waals surface area contributed by atoms with Crippen molar-refractivity contribution >= 4 is 39.2 Å². The number of hydrogen-bond donors (Lipinski definition) is 1. The summed E-state index contributed by atoms with van der Waals surface area (Å²) in [7, 11) is 3.19. The Morgan fingerprint density at radius 1 is 1.27 bits per heavy atom. The van der Waals surface area contributed by atoms with Gasteiger partial charge in [0.05, 0.1) is 25.4 Å². The van der Waals surface area contributed by atoms with Crippen LogP contribution in [0.1, 0.15) is 22.4 Å². The van der Waals surface area contributed by atoms with Gasteiger partial charge in [-0.15, -0.1) is 11.3 Å². The molecule has 0 fully saturated rings. The second-order valence-corrected chi connectivity index (χ2v) is 9.11. The van der Waals surface area contributed by atoms with Gasteiger partial charge in [0.1, 0.15) is 4.83 Å². The van der Waals surface area contributed by atoms with Crippen molar-refractivity contribution in [2.45, 2.75) is 37.4 Å². The number of carbonyl (C=O) groups is 1. The summed E-state index contributed by atoms with van der Waals surface area (Å²) in [6.07, 6.45) is 3.63. The molecule has 2 N–H and O–H groups in total. The molecule has 2 heterocycles. The molecule has 30 heavy (non-hydrogen) atoms. The second kappa shape index (κ2) is 8.69. The molecule has 0 spiro atoms. The molecule has 158 valence electrons. The van der Waals surface area contributed by atoms with E-state index in [1.807, 2.05) is 18.2 Å². The maximum Gasteiger partial charge on any atom is 0.263 e. The topological polar surface area (TPSA) is 96.4 Å². The number of aryl methyl sites for hydroxylation is 3. The summed E-state index contributed by atoms with van der Waals surface area (Å²) >= 11 is 2.81. The van der Waals surface area contributed by atoms with Crippen molar-refractivity contribution in [3.8, 4) is 11.5 Å². The van der Waals surface area contributed by atoms with Crippen molar-refractivity contribution in [3.63, 3.8) is 0 Å². The molecule has 2 aromatic heterocycles. The van der Waals surface area contributed by atoms with E-state index >= 15 is 0 Å². The van der Waals surface area contributed by atoms with Crippen molar-refractivity contribution in [1.29, 1.82) is 0 Å². The standard InChI is InChI=1S/C21H23N3O4S2/c1-27-14-7-6-12(10-15(14)28-2)8-9-24-20(26)18-13-4-3-5-16(13)30-19(18)23-21(24)29-11-17(22)25/h6-7,10H,3-5,8-9,11H2,1-2H3,(H2,22,25). The average Bonchev–Trinajstić information content (AvgIpc) is 3.32. The number of benzene rings is 1. The minimum absolute atomic E-state index is 0.0353. The summed E-state index contributed by atoms with van der Waals surface area (Å²) in [6.45, 7) is 0.447. The van der Waals surface area contributed by atoms with Crippen molar-refractivity contribution in [1.82, 2.24) is 9.55 Å². The third kappa shape index (κ3) is 3.91. The molecule has 0 atom stereocenters. The zero-order valence-corrected chi connectivity index (χ0v) is 18.5. The lowest BCUT2D eigenvalue weighted by atomic mass is 10.1. The van der Waals surface area contributed by atoms with Crippen LogP contribution >= 0.6 is 23.1 Å². The van der Waals surface area contributed by atoms with Gasteiger partial charge in [-0.1, -0.05) is 17.8 Å². The average molecular weight is 446 g/mol. The third-order valence-electron chi connectivity index (χ3n) is 5.21. The molecule has 0 radical (unpaired) electrons. The number of rotatable bonds is 8. The Kier molecular flexibility index (Phi) is 6.01. The monoisotopic (exact) mass is 445 g/mol. The number of methoxy groups -OCH3 is 2. The first-order valence-electron chi connectivity index (χ1n) is 9.69. The molecule has 1 aliphatic rings. The molecule has 7 nitrogen and oxygen atoms in total. The number of primary amides is 1.